The Morgan fingerprint density at radius 3 is 3.00 bits per heavy atom. The van der Waals surface area contributed by atoms with Crippen LogP contribution in [-0.2, 0) is 6.54 Å². The molecule has 1 unspecified atom stereocenters. The fraction of sp³-hybridized carbons (Fsp3) is 0.500. The Morgan fingerprint density at radius 1 is 1.71 bits per heavy atom. The van der Waals surface area contributed by atoms with E-state index in [-0.39, 0.29) is 0 Å². The molecule has 0 bridgehead atoms. The van der Waals surface area contributed by atoms with Crippen molar-refractivity contribution < 1.29 is 9.90 Å². The van der Waals surface area contributed by atoms with Crippen LogP contribution in [0.2, 0.25) is 0 Å². The maximum absolute atomic E-state index is 10.8. The minimum atomic E-state index is -0.879. The van der Waals surface area contributed by atoms with Gasteiger partial charge in [0, 0.05) is 12.7 Å². The van der Waals surface area contributed by atoms with Gasteiger partial charge >= 0.3 is 5.97 Å². The summed E-state index contributed by atoms with van der Waals surface area (Å²) in [7, 11) is 0. The molecule has 78 valence electrons. The second-order valence-corrected chi connectivity index (χ2v) is 3.52. The fourth-order valence-corrected chi connectivity index (χ4v) is 1.28. The first-order valence-electron chi connectivity index (χ1n) is 4.73. The predicted octanol–water partition coefficient (Wildman–Crippen LogP) is 1.17. The number of carboxylic acids is 1. The molecule has 0 saturated carbocycles. The van der Waals surface area contributed by atoms with Crippen LogP contribution in [0, 0.1) is 5.92 Å². The number of hydrogen-bond donors (Lipinski definition) is 2. The van der Waals surface area contributed by atoms with Gasteiger partial charge in [-0.1, -0.05) is 6.92 Å². The first-order valence-corrected chi connectivity index (χ1v) is 4.73. The van der Waals surface area contributed by atoms with Crippen molar-refractivity contribution in [3.63, 3.8) is 0 Å². The number of aryl methyl sites for hydroxylation is 1. The van der Waals surface area contributed by atoms with Crippen molar-refractivity contribution in [1.29, 1.82) is 0 Å². The zero-order valence-corrected chi connectivity index (χ0v) is 8.31. The average molecular weight is 196 g/mol. The van der Waals surface area contributed by atoms with Crippen LogP contribution in [-0.4, -0.2) is 22.2 Å². The number of rotatable bonds is 5. The predicted molar refractivity (Wildman–Crippen MR) is 54.2 cm³/mol. The van der Waals surface area contributed by atoms with Gasteiger partial charge < -0.3 is 15.4 Å². The van der Waals surface area contributed by atoms with Crippen LogP contribution >= 0.6 is 0 Å². The van der Waals surface area contributed by atoms with E-state index in [0.717, 1.165) is 6.42 Å². The first kappa shape index (κ1) is 10.8. The highest BCUT2D eigenvalue weighted by Crippen LogP contribution is 2.07. The lowest BCUT2D eigenvalue weighted by Gasteiger charge is -2.10. The lowest BCUT2D eigenvalue weighted by atomic mass is 10.1. The van der Waals surface area contributed by atoms with Crippen molar-refractivity contribution in [2.75, 3.05) is 6.54 Å². The Kier molecular flexibility index (Phi) is 3.71. The molecule has 14 heavy (non-hydrogen) atoms. The smallest absolute Gasteiger partial charge is 0.352 e. The zero-order chi connectivity index (χ0) is 10.6. The van der Waals surface area contributed by atoms with E-state index in [1.54, 1.807) is 22.9 Å². The summed E-state index contributed by atoms with van der Waals surface area (Å²) in [5.74, 6) is -0.450. The highest BCUT2D eigenvalue weighted by atomic mass is 16.4. The number of nitrogens with two attached hydrogens (primary N) is 1. The first-order chi connectivity index (χ1) is 6.65. The van der Waals surface area contributed by atoms with Gasteiger partial charge in [-0.05, 0) is 31.0 Å². The quantitative estimate of drug-likeness (QED) is 0.742. The molecule has 1 atom stereocenters. The summed E-state index contributed by atoms with van der Waals surface area (Å²) in [4.78, 5) is 10.8. The largest absolute Gasteiger partial charge is 0.477 e. The fourth-order valence-electron chi connectivity index (χ4n) is 1.28. The SMILES string of the molecule is CC(CN)CCn1cccc1C(=O)O. The van der Waals surface area contributed by atoms with Crippen molar-refractivity contribution in [2.24, 2.45) is 11.7 Å². The van der Waals surface area contributed by atoms with Crippen LogP contribution in [0.4, 0.5) is 0 Å². The van der Waals surface area contributed by atoms with E-state index in [1.165, 1.54) is 0 Å². The molecule has 0 aliphatic carbocycles. The summed E-state index contributed by atoms with van der Waals surface area (Å²) in [5, 5.41) is 8.83. The van der Waals surface area contributed by atoms with Gasteiger partial charge in [0.25, 0.3) is 0 Å². The van der Waals surface area contributed by atoms with E-state index < -0.39 is 5.97 Å². The molecule has 0 amide bonds. The number of hydrogen-bond acceptors (Lipinski definition) is 2. The van der Waals surface area contributed by atoms with Crippen molar-refractivity contribution >= 4 is 5.97 Å². The molecule has 0 aromatic carbocycles. The normalized spacial score (nSPS) is 12.7. The molecular formula is C10H16N2O2. The molecule has 0 radical (unpaired) electrons. The minimum Gasteiger partial charge on any atom is -0.477 e. The third-order valence-electron chi connectivity index (χ3n) is 2.31. The highest BCUT2D eigenvalue weighted by Gasteiger charge is 2.08. The zero-order valence-electron chi connectivity index (χ0n) is 8.31. The number of carbonyl (C=O) groups is 1. The molecule has 0 aliphatic heterocycles. The summed E-state index contributed by atoms with van der Waals surface area (Å²) in [5.41, 5.74) is 5.83. The lowest BCUT2D eigenvalue weighted by molar-refractivity contribution is 0.0684. The Morgan fingerprint density at radius 2 is 2.43 bits per heavy atom. The number of nitrogens with zero attached hydrogens (tertiary/aromatic N) is 1. The molecule has 0 saturated heterocycles. The molecule has 1 rings (SSSR count). The van der Waals surface area contributed by atoms with E-state index in [1.807, 2.05) is 0 Å². The molecule has 1 aromatic rings. The Hall–Kier alpha value is -1.29. The van der Waals surface area contributed by atoms with Crippen LogP contribution in [0.3, 0.4) is 0 Å². The van der Waals surface area contributed by atoms with Gasteiger partial charge in [-0.3, -0.25) is 0 Å². The lowest BCUT2D eigenvalue weighted by Crippen LogP contribution is -2.15. The topological polar surface area (TPSA) is 68.2 Å². The number of carboxylic acid groups (broad SMARTS) is 1. The van der Waals surface area contributed by atoms with E-state index in [0.29, 0.717) is 24.7 Å². The maximum atomic E-state index is 10.8. The molecule has 0 fully saturated rings. The monoisotopic (exact) mass is 196 g/mol. The Bertz CT molecular complexity index is 307. The number of aromatic carboxylic acids is 1. The molecule has 1 aromatic heterocycles. The van der Waals surface area contributed by atoms with E-state index in [4.69, 9.17) is 10.8 Å². The molecule has 3 N–H and O–H groups in total. The van der Waals surface area contributed by atoms with E-state index in [9.17, 15) is 4.79 Å². The van der Waals surface area contributed by atoms with Crippen LogP contribution in [0.5, 0.6) is 0 Å². The Balaban J connectivity index is 2.58. The van der Waals surface area contributed by atoms with Gasteiger partial charge in [0.15, 0.2) is 0 Å². The average Bonchev–Trinajstić information content (AvgIpc) is 2.62. The summed E-state index contributed by atoms with van der Waals surface area (Å²) in [6, 6.07) is 3.35. The van der Waals surface area contributed by atoms with E-state index in [2.05, 4.69) is 6.92 Å². The second-order valence-electron chi connectivity index (χ2n) is 3.52. The standard InChI is InChI=1S/C10H16N2O2/c1-8(7-11)4-6-12-5-2-3-9(12)10(13)14/h2-3,5,8H,4,6-7,11H2,1H3,(H,13,14). The second kappa shape index (κ2) is 4.81. The minimum absolute atomic E-state index is 0.342. The molecule has 4 nitrogen and oxygen atoms in total. The number of aromatic nitrogens is 1. The molecule has 1 heterocycles. The molecule has 4 heteroatoms. The third kappa shape index (κ3) is 2.60. The summed E-state index contributed by atoms with van der Waals surface area (Å²) in [6.45, 7) is 3.42. The summed E-state index contributed by atoms with van der Waals surface area (Å²) < 4.78 is 1.74. The maximum Gasteiger partial charge on any atom is 0.352 e. The van der Waals surface area contributed by atoms with Crippen LogP contribution in [0.1, 0.15) is 23.8 Å². The van der Waals surface area contributed by atoms with Gasteiger partial charge in [0.05, 0.1) is 0 Å². The van der Waals surface area contributed by atoms with Gasteiger partial charge in [0.1, 0.15) is 5.69 Å². The third-order valence-corrected chi connectivity index (χ3v) is 2.31. The van der Waals surface area contributed by atoms with Gasteiger partial charge in [0.2, 0.25) is 0 Å². The molecule has 0 spiro atoms. The summed E-state index contributed by atoms with van der Waals surface area (Å²) in [6.07, 6.45) is 2.69. The highest BCUT2D eigenvalue weighted by molar-refractivity contribution is 5.85. The van der Waals surface area contributed by atoms with Crippen molar-refractivity contribution in [3.8, 4) is 0 Å². The summed E-state index contributed by atoms with van der Waals surface area (Å²) >= 11 is 0. The van der Waals surface area contributed by atoms with Gasteiger partial charge in [-0.2, -0.15) is 0 Å². The molecular weight excluding hydrogens is 180 g/mol. The van der Waals surface area contributed by atoms with Crippen molar-refractivity contribution in [3.05, 3.63) is 24.0 Å². The van der Waals surface area contributed by atoms with E-state index >= 15 is 0 Å². The van der Waals surface area contributed by atoms with Crippen LogP contribution in [0.25, 0.3) is 0 Å². The van der Waals surface area contributed by atoms with Crippen LogP contribution < -0.4 is 5.73 Å². The van der Waals surface area contributed by atoms with Crippen molar-refractivity contribution in [1.82, 2.24) is 4.57 Å². The van der Waals surface area contributed by atoms with Gasteiger partial charge in [-0.25, -0.2) is 4.79 Å². The Labute approximate surface area is 83.3 Å². The van der Waals surface area contributed by atoms with Crippen molar-refractivity contribution in [2.45, 2.75) is 19.9 Å². The molecule has 0 aliphatic rings. The van der Waals surface area contributed by atoms with Crippen LogP contribution in [0.15, 0.2) is 18.3 Å². The van der Waals surface area contributed by atoms with Gasteiger partial charge in [-0.15, -0.1) is 0 Å².